The Bertz CT molecular complexity index is 427. The average molecular weight is 438 g/mol. The summed E-state index contributed by atoms with van der Waals surface area (Å²) in [5.41, 5.74) is 0. The van der Waals surface area contributed by atoms with Crippen molar-refractivity contribution in [2.75, 3.05) is 0 Å². The summed E-state index contributed by atoms with van der Waals surface area (Å²) >= 11 is 0. The molecule has 2 amide bonds. The molecule has 0 bridgehead atoms. The molecule has 0 aromatic carbocycles. The second-order valence-corrected chi connectivity index (χ2v) is 6.72. The number of amides is 2. The molecule has 0 unspecified atom stereocenters. The molecule has 0 fully saturated rings. The zero-order valence-corrected chi connectivity index (χ0v) is 20.3. The molecule has 0 spiro atoms. The molecule has 8 nitrogen and oxygen atoms in total. The van der Waals surface area contributed by atoms with Crippen molar-refractivity contribution in [3.05, 3.63) is 0 Å². The van der Waals surface area contributed by atoms with Crippen LogP contribution in [0.2, 0.25) is 0 Å². The third kappa shape index (κ3) is 15.3. The van der Waals surface area contributed by atoms with E-state index in [2.05, 4.69) is 10.6 Å². The molecule has 0 saturated carbocycles. The summed E-state index contributed by atoms with van der Waals surface area (Å²) in [5, 5.41) is 25.9. The predicted octanol–water partition coefficient (Wildman–Crippen LogP) is -0.648. The maximum absolute atomic E-state index is 11.1. The van der Waals surface area contributed by atoms with Gasteiger partial charge in [-0.15, -0.1) is 0 Å². The summed E-state index contributed by atoms with van der Waals surface area (Å²) in [6.07, 6.45) is 2.14. The summed E-state index contributed by atoms with van der Waals surface area (Å²) in [4.78, 5) is 43.2. The van der Waals surface area contributed by atoms with Crippen molar-refractivity contribution in [1.29, 1.82) is 0 Å². The largest absolute Gasteiger partial charge is 2.00 e. The number of rotatable bonds is 10. The molecule has 2 N–H and O–H groups in total. The van der Waals surface area contributed by atoms with E-state index in [0.29, 0.717) is 25.7 Å². The van der Waals surface area contributed by atoms with E-state index in [1.165, 1.54) is 0 Å². The van der Waals surface area contributed by atoms with Crippen molar-refractivity contribution in [2.24, 2.45) is 11.8 Å². The van der Waals surface area contributed by atoms with E-state index in [9.17, 15) is 29.4 Å². The summed E-state index contributed by atoms with van der Waals surface area (Å²) in [6.45, 7) is 10.6. The number of aliphatic carboxylic acids is 2. The van der Waals surface area contributed by atoms with Gasteiger partial charge in [-0.1, -0.05) is 41.5 Å². The first kappa shape index (κ1) is 30.2. The van der Waals surface area contributed by atoms with Gasteiger partial charge in [0.25, 0.3) is 0 Å². The Morgan fingerprint density at radius 2 is 0.963 bits per heavy atom. The zero-order chi connectivity index (χ0) is 20.9. The third-order valence-corrected chi connectivity index (χ3v) is 3.43. The molecule has 0 saturated heterocycles. The molecule has 152 valence electrons. The Morgan fingerprint density at radius 3 is 1.11 bits per heavy atom. The predicted molar refractivity (Wildman–Crippen MR) is 93.4 cm³/mol. The van der Waals surface area contributed by atoms with Crippen LogP contribution in [0.1, 0.15) is 67.2 Å². The van der Waals surface area contributed by atoms with E-state index < -0.39 is 24.0 Å². The molecule has 0 aromatic heterocycles. The van der Waals surface area contributed by atoms with Crippen molar-refractivity contribution >= 4 is 23.8 Å². The van der Waals surface area contributed by atoms with Crippen LogP contribution >= 0.6 is 0 Å². The fraction of sp³-hybridized carbons (Fsp3) is 0.778. The molecule has 0 heterocycles. The van der Waals surface area contributed by atoms with Gasteiger partial charge in [0.2, 0.25) is 11.8 Å². The van der Waals surface area contributed by atoms with Crippen molar-refractivity contribution in [3.8, 4) is 0 Å². The molecular formula is C18H32N2O6Zn. The van der Waals surface area contributed by atoms with Crippen LogP contribution in [0.5, 0.6) is 0 Å². The van der Waals surface area contributed by atoms with Crippen LogP contribution in [0, 0.1) is 11.8 Å². The Balaban J connectivity index is -0.000000411. The van der Waals surface area contributed by atoms with Gasteiger partial charge in [0.15, 0.2) is 0 Å². The number of carboxylic acid groups (broad SMARTS) is 2. The molecule has 0 aliphatic carbocycles. The van der Waals surface area contributed by atoms with Crippen LogP contribution in [0.4, 0.5) is 0 Å². The first-order valence-corrected chi connectivity index (χ1v) is 8.98. The van der Waals surface area contributed by atoms with Gasteiger partial charge in [-0.25, -0.2) is 0 Å². The normalized spacial score (nSPS) is 12.1. The molecule has 0 aromatic rings. The van der Waals surface area contributed by atoms with Crippen molar-refractivity contribution in [2.45, 2.75) is 79.3 Å². The minimum absolute atomic E-state index is 0. The van der Waals surface area contributed by atoms with Crippen molar-refractivity contribution < 1.29 is 48.9 Å². The standard InChI is InChI=1S/2C9H17NO3.Zn/c2*1-4-5-7(11)10-8(6(2)3)9(12)13;/h2*6,8H,4-5H2,1-3H3,(H,10,11)(H,12,13);/q;;+2/p-2/t2*8-;/m00./s1. The maximum atomic E-state index is 11.1. The fourth-order valence-electron chi connectivity index (χ4n) is 1.94. The molecule has 2 atom stereocenters. The van der Waals surface area contributed by atoms with E-state index in [1.54, 1.807) is 27.7 Å². The first-order valence-electron chi connectivity index (χ1n) is 8.98. The maximum Gasteiger partial charge on any atom is 2.00 e. The Kier molecular flexibility index (Phi) is 18.7. The molecule has 0 aliphatic rings. The SMILES string of the molecule is CCCC(=O)N[C@H](C(=O)[O-])C(C)C.CCCC(=O)N[C@H](C(=O)[O-])C(C)C.[Zn+2]. The number of hydrogen-bond acceptors (Lipinski definition) is 6. The minimum atomic E-state index is -1.22. The third-order valence-electron chi connectivity index (χ3n) is 3.43. The minimum Gasteiger partial charge on any atom is -0.548 e. The van der Waals surface area contributed by atoms with Crippen LogP contribution in [0.25, 0.3) is 0 Å². The van der Waals surface area contributed by atoms with E-state index in [0.717, 1.165) is 0 Å². The van der Waals surface area contributed by atoms with Crippen molar-refractivity contribution in [1.82, 2.24) is 10.6 Å². The van der Waals surface area contributed by atoms with Crippen molar-refractivity contribution in [3.63, 3.8) is 0 Å². The number of nitrogens with one attached hydrogen (secondary N) is 2. The summed E-state index contributed by atoms with van der Waals surface area (Å²) in [6, 6.07) is -1.75. The summed E-state index contributed by atoms with van der Waals surface area (Å²) in [5.74, 6) is -3.20. The number of hydrogen-bond donors (Lipinski definition) is 2. The van der Waals surface area contributed by atoms with E-state index in [1.807, 2.05) is 13.8 Å². The van der Waals surface area contributed by atoms with Gasteiger partial charge < -0.3 is 30.4 Å². The first-order chi connectivity index (χ1) is 12.0. The Hall–Kier alpha value is -1.50. The Morgan fingerprint density at radius 1 is 0.704 bits per heavy atom. The number of carbonyl (C=O) groups is 4. The van der Waals surface area contributed by atoms with Gasteiger partial charge >= 0.3 is 19.5 Å². The van der Waals surface area contributed by atoms with Gasteiger partial charge in [-0.3, -0.25) is 9.59 Å². The molecule has 27 heavy (non-hydrogen) atoms. The van der Waals surface area contributed by atoms with Crippen LogP contribution < -0.4 is 20.8 Å². The second-order valence-electron chi connectivity index (χ2n) is 6.72. The smallest absolute Gasteiger partial charge is 0.548 e. The zero-order valence-electron chi connectivity index (χ0n) is 17.3. The van der Waals surface area contributed by atoms with Gasteiger partial charge in [-0.05, 0) is 24.7 Å². The van der Waals surface area contributed by atoms with E-state index >= 15 is 0 Å². The Labute approximate surface area is 174 Å². The van der Waals surface area contributed by atoms with Gasteiger partial charge in [0, 0.05) is 12.8 Å². The topological polar surface area (TPSA) is 138 Å². The molecule has 0 radical (unpaired) electrons. The van der Waals surface area contributed by atoms with Crippen LogP contribution in [0.3, 0.4) is 0 Å². The summed E-state index contributed by atoms with van der Waals surface area (Å²) < 4.78 is 0. The molecule has 0 aliphatic heterocycles. The van der Waals surface area contributed by atoms with Crippen LogP contribution in [-0.4, -0.2) is 35.8 Å². The average Bonchev–Trinajstić information content (AvgIpc) is 2.50. The summed E-state index contributed by atoms with van der Waals surface area (Å²) in [7, 11) is 0. The second kappa shape index (κ2) is 16.7. The van der Waals surface area contributed by atoms with Gasteiger partial charge in [0.1, 0.15) is 0 Å². The van der Waals surface area contributed by atoms with Gasteiger partial charge in [0.05, 0.1) is 24.0 Å². The van der Waals surface area contributed by atoms with Crippen LogP contribution in [-0.2, 0) is 38.7 Å². The van der Waals surface area contributed by atoms with E-state index in [4.69, 9.17) is 0 Å². The quantitative estimate of drug-likeness (QED) is 0.435. The van der Waals surface area contributed by atoms with Crippen LogP contribution in [0.15, 0.2) is 0 Å². The fourth-order valence-corrected chi connectivity index (χ4v) is 1.94. The van der Waals surface area contributed by atoms with E-state index in [-0.39, 0.29) is 43.1 Å². The molecule has 0 rings (SSSR count). The number of carbonyl (C=O) groups excluding carboxylic acids is 4. The monoisotopic (exact) mass is 436 g/mol. The number of carboxylic acids is 2. The molecule has 9 heteroatoms. The van der Waals surface area contributed by atoms with Gasteiger partial charge in [-0.2, -0.15) is 0 Å². The molecular weight excluding hydrogens is 406 g/mol.